The Morgan fingerprint density at radius 2 is 1.92 bits per heavy atom. The highest BCUT2D eigenvalue weighted by Gasteiger charge is 2.27. The number of rotatable bonds is 6. The van der Waals surface area contributed by atoms with E-state index in [1.54, 1.807) is 0 Å². The van der Waals surface area contributed by atoms with E-state index in [-0.39, 0.29) is 11.9 Å². The van der Waals surface area contributed by atoms with Crippen molar-refractivity contribution in [1.29, 1.82) is 0 Å². The quantitative estimate of drug-likeness (QED) is 0.775. The van der Waals surface area contributed by atoms with Crippen molar-refractivity contribution in [2.75, 3.05) is 18.8 Å². The summed E-state index contributed by atoms with van der Waals surface area (Å²) in [4.78, 5) is 14.7. The first-order valence-electron chi connectivity index (χ1n) is 8.25. The summed E-state index contributed by atoms with van der Waals surface area (Å²) in [5.74, 6) is 0.500. The summed E-state index contributed by atoms with van der Waals surface area (Å²) >= 11 is 7.61. The molecular formula is C19H22ClN2OS+. The van der Waals surface area contributed by atoms with Crippen molar-refractivity contribution in [1.82, 2.24) is 5.32 Å². The molecule has 0 spiro atoms. The third-order valence-corrected chi connectivity index (χ3v) is 5.75. The lowest BCUT2D eigenvalue weighted by atomic mass is 10.2. The van der Waals surface area contributed by atoms with E-state index in [2.05, 4.69) is 29.6 Å². The first-order valence-corrected chi connectivity index (χ1v) is 9.61. The topological polar surface area (TPSA) is 33.5 Å². The summed E-state index contributed by atoms with van der Waals surface area (Å²) in [6.07, 6.45) is 1.05. The zero-order valence-electron chi connectivity index (χ0n) is 13.5. The van der Waals surface area contributed by atoms with Crippen molar-refractivity contribution >= 4 is 29.3 Å². The summed E-state index contributed by atoms with van der Waals surface area (Å²) in [6, 6.07) is 18.4. The molecule has 126 valence electrons. The zero-order chi connectivity index (χ0) is 16.8. The van der Waals surface area contributed by atoms with Crippen LogP contribution >= 0.6 is 23.4 Å². The minimum absolute atomic E-state index is 0.0888. The van der Waals surface area contributed by atoms with Gasteiger partial charge in [-0.25, -0.2) is 0 Å². The maximum atomic E-state index is 12.2. The molecule has 0 aromatic heterocycles. The third kappa shape index (κ3) is 5.00. The molecule has 5 heteroatoms. The van der Waals surface area contributed by atoms with Crippen molar-refractivity contribution < 1.29 is 9.69 Å². The van der Waals surface area contributed by atoms with Crippen LogP contribution in [-0.2, 0) is 11.3 Å². The average Bonchev–Trinajstić information content (AvgIpc) is 3.02. The number of amides is 1. The van der Waals surface area contributed by atoms with Crippen LogP contribution in [0.5, 0.6) is 0 Å². The predicted octanol–water partition coefficient (Wildman–Crippen LogP) is 2.41. The van der Waals surface area contributed by atoms with Crippen LogP contribution < -0.4 is 10.2 Å². The van der Waals surface area contributed by atoms with Gasteiger partial charge in [-0.05, 0) is 12.1 Å². The van der Waals surface area contributed by atoms with Gasteiger partial charge >= 0.3 is 0 Å². The number of halogens is 1. The van der Waals surface area contributed by atoms with Crippen molar-refractivity contribution in [3.05, 3.63) is 65.2 Å². The van der Waals surface area contributed by atoms with Gasteiger partial charge in [0.1, 0.15) is 6.54 Å². The first kappa shape index (κ1) is 17.3. The van der Waals surface area contributed by atoms with Crippen LogP contribution in [0, 0.1) is 0 Å². The van der Waals surface area contributed by atoms with E-state index in [1.165, 1.54) is 22.2 Å². The Morgan fingerprint density at radius 1 is 1.17 bits per heavy atom. The number of carbonyl (C=O) groups is 1. The maximum absolute atomic E-state index is 12.2. The van der Waals surface area contributed by atoms with Crippen LogP contribution in [0.15, 0.2) is 59.5 Å². The minimum atomic E-state index is 0.0888. The molecule has 2 atom stereocenters. The fourth-order valence-corrected chi connectivity index (χ4v) is 4.12. The Labute approximate surface area is 152 Å². The molecular weight excluding hydrogens is 340 g/mol. The molecule has 1 heterocycles. The molecule has 24 heavy (non-hydrogen) atoms. The lowest BCUT2D eigenvalue weighted by Gasteiger charge is -2.14. The second-order valence-corrected chi connectivity index (χ2v) is 7.56. The molecule has 0 saturated carbocycles. The van der Waals surface area contributed by atoms with Gasteiger partial charge in [0, 0.05) is 16.9 Å². The lowest BCUT2D eigenvalue weighted by Crippen LogP contribution is -3.09. The Morgan fingerprint density at radius 3 is 2.71 bits per heavy atom. The molecule has 0 aliphatic carbocycles. The number of carbonyl (C=O) groups excluding carboxylic acids is 1. The number of likely N-dealkylation sites (tertiary alicyclic amines) is 1. The summed E-state index contributed by atoms with van der Waals surface area (Å²) < 4.78 is 0. The van der Waals surface area contributed by atoms with Gasteiger partial charge in [0.2, 0.25) is 5.91 Å². The molecule has 2 aromatic carbocycles. The van der Waals surface area contributed by atoms with E-state index >= 15 is 0 Å². The molecule has 1 unspecified atom stereocenters. The average molecular weight is 362 g/mol. The van der Waals surface area contributed by atoms with Crippen LogP contribution in [0.2, 0.25) is 5.02 Å². The van der Waals surface area contributed by atoms with Crippen LogP contribution in [0.25, 0.3) is 0 Å². The molecule has 3 nitrogen and oxygen atoms in total. The Hall–Kier alpha value is -1.49. The number of hydrogen-bond donors (Lipinski definition) is 2. The van der Waals surface area contributed by atoms with Crippen molar-refractivity contribution in [3.63, 3.8) is 0 Å². The Bertz CT molecular complexity index is 680. The number of nitrogens with one attached hydrogen (secondary N) is 2. The molecule has 2 aromatic rings. The van der Waals surface area contributed by atoms with Gasteiger partial charge in [0.25, 0.3) is 0 Å². The largest absolute Gasteiger partial charge is 0.347 e. The molecule has 0 radical (unpaired) electrons. The summed E-state index contributed by atoms with van der Waals surface area (Å²) in [5.41, 5.74) is 1.36. The van der Waals surface area contributed by atoms with Crippen LogP contribution in [0.1, 0.15) is 12.0 Å². The number of benzene rings is 2. The van der Waals surface area contributed by atoms with Gasteiger partial charge in [0.05, 0.1) is 29.9 Å². The van der Waals surface area contributed by atoms with Gasteiger partial charge in [-0.2, -0.15) is 0 Å². The van der Waals surface area contributed by atoms with E-state index in [4.69, 9.17) is 11.6 Å². The molecule has 1 amide bonds. The van der Waals surface area contributed by atoms with E-state index in [0.717, 1.165) is 31.0 Å². The van der Waals surface area contributed by atoms with Gasteiger partial charge < -0.3 is 10.2 Å². The standard InChI is InChI=1S/C19H21ClN2OS/c20-17-8-4-5-9-18(17)24-14-19(23)21-16-10-11-22(13-16)12-15-6-2-1-3-7-15/h1-9,16H,10-14H2,(H,21,23)/p+1/t16-/m1/s1. The molecule has 1 saturated heterocycles. The van der Waals surface area contributed by atoms with Crippen molar-refractivity contribution in [2.45, 2.75) is 23.9 Å². The normalized spacial score (nSPS) is 20.0. The molecule has 1 aliphatic rings. The van der Waals surface area contributed by atoms with Gasteiger partial charge in [-0.3, -0.25) is 4.79 Å². The van der Waals surface area contributed by atoms with E-state index < -0.39 is 0 Å². The number of hydrogen-bond acceptors (Lipinski definition) is 2. The van der Waals surface area contributed by atoms with Gasteiger partial charge in [0.15, 0.2) is 0 Å². The molecule has 0 bridgehead atoms. The highest BCUT2D eigenvalue weighted by molar-refractivity contribution is 8.00. The molecule has 1 fully saturated rings. The van der Waals surface area contributed by atoms with E-state index in [1.807, 2.05) is 30.3 Å². The summed E-state index contributed by atoms with van der Waals surface area (Å²) in [5, 5.41) is 3.86. The monoisotopic (exact) mass is 361 g/mol. The number of quaternary nitrogens is 1. The number of thioether (sulfide) groups is 1. The first-order chi connectivity index (χ1) is 11.7. The van der Waals surface area contributed by atoms with Crippen LogP contribution in [0.3, 0.4) is 0 Å². The summed E-state index contributed by atoms with van der Waals surface area (Å²) in [7, 11) is 0. The SMILES string of the molecule is O=C(CSc1ccccc1Cl)N[C@@H]1CC[NH+](Cc2ccccc2)C1. The third-order valence-electron chi connectivity index (χ3n) is 4.24. The van der Waals surface area contributed by atoms with Gasteiger partial charge in [-0.1, -0.05) is 54.1 Å². The minimum Gasteiger partial charge on any atom is -0.347 e. The van der Waals surface area contributed by atoms with E-state index in [0.29, 0.717) is 10.8 Å². The van der Waals surface area contributed by atoms with Crippen molar-refractivity contribution in [2.24, 2.45) is 0 Å². The second-order valence-electron chi connectivity index (χ2n) is 6.14. The highest BCUT2D eigenvalue weighted by atomic mass is 35.5. The zero-order valence-corrected chi connectivity index (χ0v) is 15.1. The summed E-state index contributed by atoms with van der Waals surface area (Å²) in [6.45, 7) is 3.14. The molecule has 1 aliphatic heterocycles. The smallest absolute Gasteiger partial charge is 0.230 e. The highest BCUT2D eigenvalue weighted by Crippen LogP contribution is 2.26. The molecule has 2 N–H and O–H groups in total. The lowest BCUT2D eigenvalue weighted by molar-refractivity contribution is -0.901. The fourth-order valence-electron chi connectivity index (χ4n) is 3.07. The van der Waals surface area contributed by atoms with Crippen LogP contribution in [-0.4, -0.2) is 30.8 Å². The van der Waals surface area contributed by atoms with Gasteiger partial charge in [-0.15, -0.1) is 11.8 Å². The van der Waals surface area contributed by atoms with E-state index in [9.17, 15) is 4.79 Å². The second kappa shape index (κ2) is 8.56. The van der Waals surface area contributed by atoms with Crippen LogP contribution in [0.4, 0.5) is 0 Å². The fraction of sp³-hybridized carbons (Fsp3) is 0.316. The Kier molecular flexibility index (Phi) is 6.18. The van der Waals surface area contributed by atoms with Crippen molar-refractivity contribution in [3.8, 4) is 0 Å². The molecule has 3 rings (SSSR count). The maximum Gasteiger partial charge on any atom is 0.230 e. The Balaban J connectivity index is 1.42. The predicted molar refractivity (Wildman–Crippen MR) is 99.6 cm³/mol.